The SMILES string of the molecule is C[C@H]1[C@H](OC(=O)CCC(=O)NC[C@@H]2CCCO2)O[C@@H]2O[C@@]3(C)CC[C@H]4[C@H](C)CC[C@@H]1[C@@]24OO3. The Bertz CT molecular complexity index is 757. The van der Waals surface area contributed by atoms with Gasteiger partial charge in [0, 0.05) is 37.8 Å². The lowest BCUT2D eigenvalue weighted by atomic mass is 9.58. The van der Waals surface area contributed by atoms with Gasteiger partial charge in [0.1, 0.15) is 0 Å². The first-order valence-electron chi connectivity index (χ1n) is 12.6. The second kappa shape index (κ2) is 9.07. The lowest BCUT2D eigenvalue weighted by Gasteiger charge is -2.59. The average Bonchev–Trinajstić information content (AvgIpc) is 3.21. The molecule has 9 heteroatoms. The molecule has 5 heterocycles. The number of fused-ring (bicyclic) bond motifs is 2. The number of carbonyl (C=O) groups excluding carboxylic acids is 2. The van der Waals surface area contributed by atoms with Crippen molar-refractivity contribution >= 4 is 11.9 Å². The van der Waals surface area contributed by atoms with E-state index in [2.05, 4.69) is 12.2 Å². The summed E-state index contributed by atoms with van der Waals surface area (Å²) in [6.45, 7) is 7.40. The van der Waals surface area contributed by atoms with Crippen LogP contribution in [-0.4, -0.2) is 55.1 Å². The van der Waals surface area contributed by atoms with E-state index in [0.29, 0.717) is 12.5 Å². The molecule has 2 bridgehead atoms. The quantitative estimate of drug-likeness (QED) is 0.470. The maximum atomic E-state index is 12.6. The third-order valence-corrected chi connectivity index (χ3v) is 8.45. The normalized spacial score (nSPS) is 46.3. The van der Waals surface area contributed by atoms with Gasteiger partial charge in [0.05, 0.1) is 12.5 Å². The topological polar surface area (TPSA) is 102 Å². The Morgan fingerprint density at radius 2 is 1.91 bits per heavy atom. The Kier molecular flexibility index (Phi) is 6.46. The number of rotatable bonds is 6. The van der Waals surface area contributed by atoms with E-state index in [1.54, 1.807) is 0 Å². The maximum absolute atomic E-state index is 12.6. The van der Waals surface area contributed by atoms with Crippen molar-refractivity contribution in [3.63, 3.8) is 0 Å². The van der Waals surface area contributed by atoms with E-state index in [1.807, 2.05) is 13.8 Å². The van der Waals surface area contributed by atoms with Crippen molar-refractivity contribution in [2.75, 3.05) is 13.2 Å². The molecule has 1 N–H and O–H groups in total. The molecule has 0 aromatic heterocycles. The molecule has 6 aliphatic rings. The van der Waals surface area contributed by atoms with Crippen LogP contribution in [0.4, 0.5) is 0 Å². The zero-order valence-corrected chi connectivity index (χ0v) is 19.9. The van der Waals surface area contributed by atoms with E-state index in [-0.39, 0.29) is 42.6 Å². The maximum Gasteiger partial charge on any atom is 0.308 e. The minimum Gasteiger partial charge on any atom is -0.435 e. The third kappa shape index (κ3) is 4.31. The molecule has 1 aliphatic carbocycles. The van der Waals surface area contributed by atoms with Gasteiger partial charge in [0.25, 0.3) is 0 Å². The van der Waals surface area contributed by atoms with Crippen LogP contribution < -0.4 is 5.32 Å². The van der Waals surface area contributed by atoms with Crippen LogP contribution in [0.15, 0.2) is 0 Å². The summed E-state index contributed by atoms with van der Waals surface area (Å²) in [5, 5.41) is 2.84. The van der Waals surface area contributed by atoms with Gasteiger partial charge in [-0.15, -0.1) is 0 Å². The Balaban J connectivity index is 1.20. The van der Waals surface area contributed by atoms with E-state index in [4.69, 9.17) is 28.7 Å². The molecule has 6 fully saturated rings. The second-order valence-corrected chi connectivity index (χ2v) is 10.7. The summed E-state index contributed by atoms with van der Waals surface area (Å²) < 4.78 is 23.8. The smallest absolute Gasteiger partial charge is 0.308 e. The van der Waals surface area contributed by atoms with Gasteiger partial charge in [0.2, 0.25) is 18.0 Å². The summed E-state index contributed by atoms with van der Waals surface area (Å²) in [5.41, 5.74) is -0.682. The molecule has 9 atom stereocenters. The Hall–Kier alpha value is -1.26. The van der Waals surface area contributed by atoms with Gasteiger partial charge in [-0.05, 0) is 50.9 Å². The van der Waals surface area contributed by atoms with Crippen LogP contribution >= 0.6 is 0 Å². The number of ether oxygens (including phenoxy) is 4. The predicted octanol–water partition coefficient (Wildman–Crippen LogP) is 2.81. The summed E-state index contributed by atoms with van der Waals surface area (Å²) in [6.07, 6.45) is 4.44. The third-order valence-electron chi connectivity index (χ3n) is 8.45. The number of hydrogen-bond acceptors (Lipinski definition) is 8. The van der Waals surface area contributed by atoms with E-state index in [0.717, 1.165) is 45.1 Å². The van der Waals surface area contributed by atoms with Crippen molar-refractivity contribution in [1.82, 2.24) is 5.32 Å². The largest absolute Gasteiger partial charge is 0.435 e. The number of amides is 1. The Morgan fingerprint density at radius 3 is 2.70 bits per heavy atom. The van der Waals surface area contributed by atoms with Crippen molar-refractivity contribution in [2.24, 2.45) is 23.7 Å². The highest BCUT2D eigenvalue weighted by Gasteiger charge is 2.69. The molecule has 0 aromatic carbocycles. The first-order valence-corrected chi connectivity index (χ1v) is 12.6. The summed E-state index contributed by atoms with van der Waals surface area (Å²) in [5.74, 6) is -0.746. The molecule has 1 spiro atoms. The van der Waals surface area contributed by atoms with Gasteiger partial charge in [-0.2, -0.15) is 0 Å². The molecule has 5 aliphatic heterocycles. The van der Waals surface area contributed by atoms with Gasteiger partial charge in [0.15, 0.2) is 11.9 Å². The molecule has 0 aromatic rings. The molecule has 0 unspecified atom stereocenters. The number of carbonyl (C=O) groups is 2. The zero-order valence-electron chi connectivity index (χ0n) is 19.9. The van der Waals surface area contributed by atoms with Gasteiger partial charge >= 0.3 is 5.97 Å². The van der Waals surface area contributed by atoms with Crippen LogP contribution in [0.3, 0.4) is 0 Å². The summed E-state index contributed by atoms with van der Waals surface area (Å²) in [6, 6.07) is 0. The van der Waals surface area contributed by atoms with Crippen LogP contribution in [0.2, 0.25) is 0 Å². The van der Waals surface area contributed by atoms with Gasteiger partial charge in [-0.3, -0.25) is 9.59 Å². The monoisotopic (exact) mass is 467 g/mol. The van der Waals surface area contributed by atoms with Gasteiger partial charge in [-0.1, -0.05) is 13.8 Å². The number of hydrogen-bond donors (Lipinski definition) is 1. The molecular formula is C24H37NO8. The minimum absolute atomic E-state index is 0.00224. The summed E-state index contributed by atoms with van der Waals surface area (Å²) in [7, 11) is 0. The van der Waals surface area contributed by atoms with E-state index in [1.165, 1.54) is 0 Å². The number of esters is 1. The van der Waals surface area contributed by atoms with E-state index >= 15 is 0 Å². The van der Waals surface area contributed by atoms with Gasteiger partial charge in [-0.25, -0.2) is 9.78 Å². The summed E-state index contributed by atoms with van der Waals surface area (Å²) in [4.78, 5) is 36.6. The first-order chi connectivity index (χ1) is 15.8. The lowest BCUT2D eigenvalue weighted by Crippen LogP contribution is -2.70. The van der Waals surface area contributed by atoms with Crippen molar-refractivity contribution in [2.45, 2.75) is 102 Å². The molecule has 33 heavy (non-hydrogen) atoms. The molecule has 1 saturated carbocycles. The van der Waals surface area contributed by atoms with Crippen molar-refractivity contribution < 1.29 is 38.3 Å². The Labute approximate surface area is 195 Å². The summed E-state index contributed by atoms with van der Waals surface area (Å²) >= 11 is 0. The van der Waals surface area contributed by atoms with Crippen molar-refractivity contribution in [1.29, 1.82) is 0 Å². The van der Waals surface area contributed by atoms with Crippen LogP contribution in [0.1, 0.15) is 72.1 Å². The average molecular weight is 468 g/mol. The molecule has 1 amide bonds. The van der Waals surface area contributed by atoms with Gasteiger partial charge < -0.3 is 24.3 Å². The highest BCUT2D eigenvalue weighted by atomic mass is 17.3. The number of nitrogens with one attached hydrogen (secondary N) is 1. The standard InChI is InChI=1S/C24H37NO8/c1-14-6-7-18-15(2)21(29-20(27)9-8-19(26)25-13-16-5-4-12-28-16)30-22-24(18)17(14)10-11-23(3,31-22)32-33-24/h14-18,21-22H,4-13H2,1-3H3,(H,25,26)/t14-,15-,16+,17+,18+,21-,22-,23-,24-/m1/s1. The molecular weight excluding hydrogens is 430 g/mol. The molecule has 186 valence electrons. The van der Waals surface area contributed by atoms with Crippen LogP contribution in [0.5, 0.6) is 0 Å². The molecule has 5 saturated heterocycles. The zero-order chi connectivity index (χ0) is 23.2. The second-order valence-electron chi connectivity index (χ2n) is 10.7. The highest BCUT2D eigenvalue weighted by molar-refractivity contribution is 5.81. The fourth-order valence-electron chi connectivity index (χ4n) is 6.53. The Morgan fingerprint density at radius 1 is 1.06 bits per heavy atom. The highest BCUT2D eigenvalue weighted by Crippen LogP contribution is 2.60. The van der Waals surface area contributed by atoms with Crippen molar-refractivity contribution in [3.05, 3.63) is 0 Å². The van der Waals surface area contributed by atoms with E-state index < -0.39 is 29.9 Å². The van der Waals surface area contributed by atoms with Crippen LogP contribution in [-0.2, 0) is 38.3 Å². The van der Waals surface area contributed by atoms with Crippen molar-refractivity contribution in [3.8, 4) is 0 Å². The fraction of sp³-hybridized carbons (Fsp3) is 0.917. The fourth-order valence-corrected chi connectivity index (χ4v) is 6.53. The predicted molar refractivity (Wildman–Crippen MR) is 114 cm³/mol. The van der Waals surface area contributed by atoms with E-state index in [9.17, 15) is 9.59 Å². The molecule has 0 radical (unpaired) electrons. The molecule has 6 rings (SSSR count). The molecule has 9 nitrogen and oxygen atoms in total. The first kappa shape index (κ1) is 23.5. The van der Waals surface area contributed by atoms with Crippen LogP contribution in [0, 0.1) is 23.7 Å². The minimum atomic E-state index is -0.867. The lowest BCUT2D eigenvalue weighted by molar-refractivity contribution is -0.576. The van der Waals surface area contributed by atoms with Crippen LogP contribution in [0.25, 0.3) is 0 Å².